The van der Waals surface area contributed by atoms with Crippen molar-refractivity contribution in [1.29, 1.82) is 0 Å². The standard InChI is InChI=1S/C13H22FN3/c1-4-17(5-2)9-10(3)16-13-7-6-11(15)8-12(13)14/h6-8,10,16H,4-5,9,15H2,1-3H3. The lowest BCUT2D eigenvalue weighted by Gasteiger charge is -2.24. The molecule has 0 saturated carbocycles. The largest absolute Gasteiger partial charge is 0.399 e. The third-order valence-electron chi connectivity index (χ3n) is 2.82. The van der Waals surface area contributed by atoms with Gasteiger partial charge in [0.15, 0.2) is 0 Å². The van der Waals surface area contributed by atoms with Crippen molar-refractivity contribution in [2.75, 3.05) is 30.7 Å². The number of benzene rings is 1. The molecule has 1 aromatic carbocycles. The minimum absolute atomic E-state index is 0.202. The molecule has 0 aliphatic carbocycles. The van der Waals surface area contributed by atoms with Crippen LogP contribution < -0.4 is 11.1 Å². The summed E-state index contributed by atoms with van der Waals surface area (Å²) in [5.41, 5.74) is 6.47. The van der Waals surface area contributed by atoms with Crippen LogP contribution >= 0.6 is 0 Å². The topological polar surface area (TPSA) is 41.3 Å². The highest BCUT2D eigenvalue weighted by molar-refractivity contribution is 5.53. The summed E-state index contributed by atoms with van der Waals surface area (Å²) in [5, 5.41) is 3.16. The van der Waals surface area contributed by atoms with Gasteiger partial charge in [-0.3, -0.25) is 0 Å². The minimum atomic E-state index is -0.295. The van der Waals surface area contributed by atoms with Crippen LogP contribution in [0.2, 0.25) is 0 Å². The summed E-state index contributed by atoms with van der Waals surface area (Å²) in [6, 6.07) is 4.93. The Hall–Kier alpha value is -1.29. The summed E-state index contributed by atoms with van der Waals surface area (Å²) in [4.78, 5) is 2.30. The van der Waals surface area contributed by atoms with Crippen LogP contribution in [-0.4, -0.2) is 30.6 Å². The average molecular weight is 239 g/mol. The molecule has 0 aliphatic heterocycles. The van der Waals surface area contributed by atoms with Gasteiger partial charge in [0, 0.05) is 18.3 Å². The lowest BCUT2D eigenvalue weighted by atomic mass is 10.2. The first kappa shape index (κ1) is 13.8. The summed E-state index contributed by atoms with van der Waals surface area (Å²) in [6.07, 6.45) is 0. The van der Waals surface area contributed by atoms with Crippen LogP contribution in [0, 0.1) is 5.82 Å². The minimum Gasteiger partial charge on any atom is -0.399 e. The van der Waals surface area contributed by atoms with Crippen molar-refractivity contribution in [3.8, 4) is 0 Å². The number of hydrogen-bond acceptors (Lipinski definition) is 3. The van der Waals surface area contributed by atoms with Gasteiger partial charge in [-0.15, -0.1) is 0 Å². The van der Waals surface area contributed by atoms with Crippen LogP contribution in [0.3, 0.4) is 0 Å². The smallest absolute Gasteiger partial charge is 0.148 e. The van der Waals surface area contributed by atoms with E-state index in [4.69, 9.17) is 5.73 Å². The Labute approximate surface area is 103 Å². The van der Waals surface area contributed by atoms with Crippen molar-refractivity contribution in [2.24, 2.45) is 0 Å². The number of nitrogens with two attached hydrogens (primary N) is 1. The van der Waals surface area contributed by atoms with E-state index in [0.29, 0.717) is 11.4 Å². The number of hydrogen-bond donors (Lipinski definition) is 2. The Bertz CT molecular complexity index is 351. The van der Waals surface area contributed by atoms with E-state index in [1.54, 1.807) is 12.1 Å². The molecule has 1 aromatic rings. The number of nitrogens with one attached hydrogen (secondary N) is 1. The lowest BCUT2D eigenvalue weighted by molar-refractivity contribution is 0.294. The monoisotopic (exact) mass is 239 g/mol. The molecule has 0 aromatic heterocycles. The van der Waals surface area contributed by atoms with Gasteiger partial charge in [-0.05, 0) is 38.2 Å². The van der Waals surface area contributed by atoms with E-state index in [1.165, 1.54) is 6.07 Å². The van der Waals surface area contributed by atoms with Crippen molar-refractivity contribution in [2.45, 2.75) is 26.8 Å². The van der Waals surface area contributed by atoms with Crippen molar-refractivity contribution in [3.63, 3.8) is 0 Å². The van der Waals surface area contributed by atoms with Gasteiger partial charge >= 0.3 is 0 Å². The molecule has 0 heterocycles. The van der Waals surface area contributed by atoms with E-state index in [0.717, 1.165) is 19.6 Å². The van der Waals surface area contributed by atoms with Gasteiger partial charge in [0.25, 0.3) is 0 Å². The van der Waals surface area contributed by atoms with Crippen molar-refractivity contribution >= 4 is 11.4 Å². The number of nitrogen functional groups attached to an aromatic ring is 1. The molecule has 0 bridgehead atoms. The van der Waals surface area contributed by atoms with Crippen LogP contribution in [0.25, 0.3) is 0 Å². The molecule has 1 unspecified atom stereocenters. The molecule has 0 aliphatic rings. The van der Waals surface area contributed by atoms with E-state index in [2.05, 4.69) is 24.1 Å². The Balaban J connectivity index is 2.58. The highest BCUT2D eigenvalue weighted by atomic mass is 19.1. The third kappa shape index (κ3) is 4.23. The number of rotatable bonds is 6. The molecule has 0 saturated heterocycles. The molecule has 1 atom stereocenters. The second kappa shape index (κ2) is 6.45. The van der Waals surface area contributed by atoms with Gasteiger partial charge in [-0.1, -0.05) is 13.8 Å². The van der Waals surface area contributed by atoms with Gasteiger partial charge in [0.05, 0.1) is 5.69 Å². The summed E-state index contributed by atoms with van der Waals surface area (Å²) in [5.74, 6) is -0.295. The molecular weight excluding hydrogens is 217 g/mol. The Kier molecular flexibility index (Phi) is 5.22. The van der Waals surface area contributed by atoms with E-state index in [1.807, 2.05) is 6.92 Å². The molecule has 0 fully saturated rings. The average Bonchev–Trinajstić information content (AvgIpc) is 2.29. The fraction of sp³-hybridized carbons (Fsp3) is 0.538. The summed E-state index contributed by atoms with van der Waals surface area (Å²) < 4.78 is 13.6. The fourth-order valence-corrected chi connectivity index (χ4v) is 1.83. The quantitative estimate of drug-likeness (QED) is 0.750. The third-order valence-corrected chi connectivity index (χ3v) is 2.82. The van der Waals surface area contributed by atoms with E-state index < -0.39 is 0 Å². The second-order valence-corrected chi connectivity index (χ2v) is 4.27. The van der Waals surface area contributed by atoms with Crippen LogP contribution in [0.4, 0.5) is 15.8 Å². The molecule has 96 valence electrons. The number of likely N-dealkylation sites (N-methyl/N-ethyl adjacent to an activating group) is 1. The Morgan fingerprint density at radius 2 is 2.00 bits per heavy atom. The first-order valence-corrected chi connectivity index (χ1v) is 6.10. The number of anilines is 2. The zero-order valence-corrected chi connectivity index (χ0v) is 10.8. The van der Waals surface area contributed by atoms with Crippen molar-refractivity contribution < 1.29 is 4.39 Å². The fourth-order valence-electron chi connectivity index (χ4n) is 1.83. The number of nitrogens with zero attached hydrogens (tertiary/aromatic N) is 1. The van der Waals surface area contributed by atoms with Gasteiger partial charge in [-0.2, -0.15) is 0 Å². The zero-order chi connectivity index (χ0) is 12.8. The summed E-state index contributed by atoms with van der Waals surface area (Å²) in [6.45, 7) is 9.21. The van der Waals surface area contributed by atoms with Crippen LogP contribution in [-0.2, 0) is 0 Å². The van der Waals surface area contributed by atoms with Gasteiger partial charge in [0.1, 0.15) is 5.82 Å². The normalized spacial score (nSPS) is 12.8. The zero-order valence-electron chi connectivity index (χ0n) is 10.8. The predicted molar refractivity (Wildman–Crippen MR) is 71.7 cm³/mol. The maximum Gasteiger partial charge on any atom is 0.148 e. The van der Waals surface area contributed by atoms with Gasteiger partial charge in [-0.25, -0.2) is 4.39 Å². The molecule has 0 amide bonds. The molecule has 3 nitrogen and oxygen atoms in total. The first-order chi connectivity index (χ1) is 8.06. The van der Waals surface area contributed by atoms with Gasteiger partial charge in [0.2, 0.25) is 0 Å². The van der Waals surface area contributed by atoms with E-state index >= 15 is 0 Å². The first-order valence-electron chi connectivity index (χ1n) is 6.10. The molecular formula is C13H22FN3. The molecule has 4 heteroatoms. The summed E-state index contributed by atoms with van der Waals surface area (Å²) >= 11 is 0. The van der Waals surface area contributed by atoms with Crippen LogP contribution in [0.1, 0.15) is 20.8 Å². The molecule has 0 spiro atoms. The maximum absolute atomic E-state index is 13.6. The van der Waals surface area contributed by atoms with Crippen LogP contribution in [0.15, 0.2) is 18.2 Å². The second-order valence-electron chi connectivity index (χ2n) is 4.27. The molecule has 1 rings (SSSR count). The van der Waals surface area contributed by atoms with E-state index in [9.17, 15) is 4.39 Å². The highest BCUT2D eigenvalue weighted by Gasteiger charge is 2.09. The lowest BCUT2D eigenvalue weighted by Crippen LogP contribution is -2.34. The Morgan fingerprint density at radius 1 is 1.35 bits per heavy atom. The van der Waals surface area contributed by atoms with Gasteiger partial charge < -0.3 is 16.0 Å². The molecule has 0 radical (unpaired) electrons. The van der Waals surface area contributed by atoms with Crippen molar-refractivity contribution in [3.05, 3.63) is 24.0 Å². The van der Waals surface area contributed by atoms with E-state index in [-0.39, 0.29) is 11.9 Å². The molecule has 3 N–H and O–H groups in total. The van der Waals surface area contributed by atoms with Crippen LogP contribution in [0.5, 0.6) is 0 Å². The molecule has 17 heavy (non-hydrogen) atoms. The van der Waals surface area contributed by atoms with Crippen molar-refractivity contribution in [1.82, 2.24) is 4.90 Å². The SMILES string of the molecule is CCN(CC)CC(C)Nc1ccc(N)cc1F. The summed E-state index contributed by atoms with van der Waals surface area (Å²) in [7, 11) is 0. The Morgan fingerprint density at radius 3 is 2.53 bits per heavy atom. The maximum atomic E-state index is 13.6. The predicted octanol–water partition coefficient (Wildman–Crippen LogP) is 2.55. The highest BCUT2D eigenvalue weighted by Crippen LogP contribution is 2.17. The number of halogens is 1.